The summed E-state index contributed by atoms with van der Waals surface area (Å²) >= 11 is 0. The first-order valence-corrected chi connectivity index (χ1v) is 6.66. The summed E-state index contributed by atoms with van der Waals surface area (Å²) in [6.45, 7) is 4.85. The van der Waals surface area contributed by atoms with Crippen LogP contribution in [-0.4, -0.2) is 78.4 Å². The average Bonchev–Trinajstić information content (AvgIpc) is 2.30. The minimum atomic E-state index is -4.18. The van der Waals surface area contributed by atoms with E-state index in [9.17, 15) is 23.1 Å². The molecular formula is C12H22F3N3O2. The first kappa shape index (κ1) is 17.2. The number of halogens is 3. The van der Waals surface area contributed by atoms with Crippen LogP contribution in [0.5, 0.6) is 0 Å². The van der Waals surface area contributed by atoms with Crippen LogP contribution < -0.4 is 5.32 Å². The predicted molar refractivity (Wildman–Crippen MR) is 68.7 cm³/mol. The zero-order valence-corrected chi connectivity index (χ0v) is 11.8. The van der Waals surface area contributed by atoms with Gasteiger partial charge in [0.25, 0.3) is 0 Å². The van der Waals surface area contributed by atoms with Gasteiger partial charge in [0.1, 0.15) is 5.54 Å². The molecule has 1 rings (SSSR count). The van der Waals surface area contributed by atoms with Crippen LogP contribution in [0.3, 0.4) is 0 Å². The van der Waals surface area contributed by atoms with Gasteiger partial charge in [-0.25, -0.2) is 0 Å². The molecule has 0 radical (unpaired) electrons. The monoisotopic (exact) mass is 297 g/mol. The molecule has 1 aliphatic rings. The van der Waals surface area contributed by atoms with Crippen molar-refractivity contribution in [2.75, 3.05) is 45.8 Å². The van der Waals surface area contributed by atoms with Gasteiger partial charge in [-0.1, -0.05) is 6.92 Å². The number of carboxylic acids is 1. The highest BCUT2D eigenvalue weighted by Crippen LogP contribution is 2.18. The van der Waals surface area contributed by atoms with Crippen molar-refractivity contribution >= 4 is 5.97 Å². The summed E-state index contributed by atoms with van der Waals surface area (Å²) in [4.78, 5) is 14.5. The molecule has 0 aromatic rings. The van der Waals surface area contributed by atoms with Crippen molar-refractivity contribution in [2.24, 2.45) is 0 Å². The summed E-state index contributed by atoms with van der Waals surface area (Å²) in [6, 6.07) is 0. The second kappa shape index (κ2) is 6.73. The standard InChI is InChI=1S/C12H22F3N3O2/c1-3-16-11(2,10(19)20)8-17-4-6-18(7-5-17)9-12(13,14)15/h16H,3-9H2,1-2H3,(H,19,20). The molecule has 0 amide bonds. The van der Waals surface area contributed by atoms with Gasteiger partial charge in [0.2, 0.25) is 0 Å². The van der Waals surface area contributed by atoms with Crippen LogP contribution in [0.2, 0.25) is 0 Å². The number of likely N-dealkylation sites (N-methyl/N-ethyl adjacent to an activating group) is 1. The van der Waals surface area contributed by atoms with Crippen molar-refractivity contribution in [2.45, 2.75) is 25.6 Å². The Morgan fingerprint density at radius 2 is 1.60 bits per heavy atom. The number of rotatable bonds is 6. The number of nitrogens with one attached hydrogen (secondary N) is 1. The predicted octanol–water partition coefficient (Wildman–Crippen LogP) is 0.619. The Bertz CT molecular complexity index is 330. The number of alkyl halides is 3. The SMILES string of the molecule is CCNC(C)(CN1CCN(CC(F)(F)F)CC1)C(=O)O. The molecule has 1 aliphatic heterocycles. The molecule has 0 spiro atoms. The summed E-state index contributed by atoms with van der Waals surface area (Å²) in [7, 11) is 0. The smallest absolute Gasteiger partial charge is 0.401 e. The Balaban J connectivity index is 2.47. The molecule has 1 atom stereocenters. The maximum absolute atomic E-state index is 12.3. The van der Waals surface area contributed by atoms with E-state index in [0.29, 0.717) is 32.7 Å². The molecule has 2 N–H and O–H groups in total. The maximum Gasteiger partial charge on any atom is 0.401 e. The number of carboxylic acid groups (broad SMARTS) is 1. The molecule has 1 fully saturated rings. The summed E-state index contributed by atoms with van der Waals surface area (Å²) in [5.74, 6) is -0.947. The van der Waals surface area contributed by atoms with E-state index in [0.717, 1.165) is 0 Å². The van der Waals surface area contributed by atoms with Gasteiger partial charge >= 0.3 is 12.1 Å². The van der Waals surface area contributed by atoms with Crippen molar-refractivity contribution < 1.29 is 23.1 Å². The van der Waals surface area contributed by atoms with Crippen LogP contribution in [0.15, 0.2) is 0 Å². The molecule has 0 aromatic heterocycles. The Hall–Kier alpha value is -0.860. The lowest BCUT2D eigenvalue weighted by Crippen LogP contribution is -2.60. The zero-order valence-electron chi connectivity index (χ0n) is 11.8. The fourth-order valence-electron chi connectivity index (χ4n) is 2.40. The molecule has 8 heteroatoms. The normalized spacial score (nSPS) is 21.6. The number of piperazine rings is 1. The van der Waals surface area contributed by atoms with E-state index in [1.807, 2.05) is 11.8 Å². The molecule has 0 aliphatic carbocycles. The molecule has 5 nitrogen and oxygen atoms in total. The number of hydrogen-bond acceptors (Lipinski definition) is 4. The van der Waals surface area contributed by atoms with E-state index >= 15 is 0 Å². The van der Waals surface area contributed by atoms with E-state index in [4.69, 9.17) is 0 Å². The fraction of sp³-hybridized carbons (Fsp3) is 0.917. The topological polar surface area (TPSA) is 55.8 Å². The largest absolute Gasteiger partial charge is 0.480 e. The minimum absolute atomic E-state index is 0.288. The summed E-state index contributed by atoms with van der Waals surface area (Å²) < 4.78 is 36.8. The summed E-state index contributed by atoms with van der Waals surface area (Å²) in [5, 5.41) is 12.2. The van der Waals surface area contributed by atoms with Gasteiger partial charge in [-0.05, 0) is 13.5 Å². The van der Waals surface area contributed by atoms with Crippen LogP contribution >= 0.6 is 0 Å². The highest BCUT2D eigenvalue weighted by atomic mass is 19.4. The molecule has 20 heavy (non-hydrogen) atoms. The third-order valence-electron chi connectivity index (χ3n) is 3.45. The zero-order chi connectivity index (χ0) is 15.4. The van der Waals surface area contributed by atoms with Gasteiger partial charge in [0.05, 0.1) is 6.54 Å². The summed E-state index contributed by atoms with van der Waals surface area (Å²) in [6.07, 6.45) is -4.18. The maximum atomic E-state index is 12.3. The van der Waals surface area contributed by atoms with E-state index in [1.54, 1.807) is 6.92 Å². The lowest BCUT2D eigenvalue weighted by Gasteiger charge is -2.39. The van der Waals surface area contributed by atoms with E-state index < -0.39 is 24.2 Å². The molecule has 1 heterocycles. The van der Waals surface area contributed by atoms with Crippen molar-refractivity contribution in [3.05, 3.63) is 0 Å². The van der Waals surface area contributed by atoms with Gasteiger partial charge in [0, 0.05) is 32.7 Å². The van der Waals surface area contributed by atoms with Crippen LogP contribution in [-0.2, 0) is 4.79 Å². The average molecular weight is 297 g/mol. The van der Waals surface area contributed by atoms with E-state index in [-0.39, 0.29) is 6.54 Å². The Kier molecular flexibility index (Phi) is 5.79. The fourth-order valence-corrected chi connectivity index (χ4v) is 2.40. The second-order valence-electron chi connectivity index (χ2n) is 5.34. The number of carbonyl (C=O) groups is 1. The number of hydrogen-bond donors (Lipinski definition) is 2. The molecule has 0 aromatic carbocycles. The van der Waals surface area contributed by atoms with E-state index in [1.165, 1.54) is 4.90 Å². The quantitative estimate of drug-likeness (QED) is 0.753. The van der Waals surface area contributed by atoms with Crippen molar-refractivity contribution in [1.82, 2.24) is 15.1 Å². The number of nitrogens with zero attached hydrogens (tertiary/aromatic N) is 2. The summed E-state index contributed by atoms with van der Waals surface area (Å²) in [5.41, 5.74) is -1.07. The van der Waals surface area contributed by atoms with Gasteiger partial charge in [-0.2, -0.15) is 13.2 Å². The highest BCUT2D eigenvalue weighted by Gasteiger charge is 2.36. The van der Waals surface area contributed by atoms with Crippen LogP contribution in [0.25, 0.3) is 0 Å². The first-order valence-electron chi connectivity index (χ1n) is 6.66. The van der Waals surface area contributed by atoms with Crippen molar-refractivity contribution in [3.8, 4) is 0 Å². The third-order valence-corrected chi connectivity index (χ3v) is 3.45. The minimum Gasteiger partial charge on any atom is -0.480 e. The van der Waals surface area contributed by atoms with Crippen LogP contribution in [0.4, 0.5) is 13.2 Å². The van der Waals surface area contributed by atoms with E-state index in [2.05, 4.69) is 5.32 Å². The molecule has 0 bridgehead atoms. The lowest BCUT2D eigenvalue weighted by atomic mass is 10.0. The van der Waals surface area contributed by atoms with Crippen molar-refractivity contribution in [1.29, 1.82) is 0 Å². The van der Waals surface area contributed by atoms with Gasteiger partial charge in [-0.15, -0.1) is 0 Å². The molecule has 118 valence electrons. The highest BCUT2D eigenvalue weighted by molar-refractivity contribution is 5.78. The Labute approximate surface area is 116 Å². The van der Waals surface area contributed by atoms with Gasteiger partial charge < -0.3 is 10.4 Å². The van der Waals surface area contributed by atoms with Crippen LogP contribution in [0.1, 0.15) is 13.8 Å². The van der Waals surface area contributed by atoms with Crippen LogP contribution in [0, 0.1) is 0 Å². The van der Waals surface area contributed by atoms with Gasteiger partial charge in [-0.3, -0.25) is 14.6 Å². The lowest BCUT2D eigenvalue weighted by molar-refractivity contribution is -0.150. The van der Waals surface area contributed by atoms with Gasteiger partial charge in [0.15, 0.2) is 0 Å². The Morgan fingerprint density at radius 1 is 1.15 bits per heavy atom. The first-order chi connectivity index (χ1) is 9.16. The molecule has 1 saturated heterocycles. The second-order valence-corrected chi connectivity index (χ2v) is 5.34. The Morgan fingerprint density at radius 3 is 1.95 bits per heavy atom. The molecular weight excluding hydrogens is 275 g/mol. The van der Waals surface area contributed by atoms with Crippen molar-refractivity contribution in [3.63, 3.8) is 0 Å². The third kappa shape index (κ3) is 5.26. The number of aliphatic carboxylic acids is 1. The molecule has 0 saturated carbocycles. The molecule has 1 unspecified atom stereocenters.